The minimum Gasteiger partial charge on any atom is -0.387 e. The summed E-state index contributed by atoms with van der Waals surface area (Å²) in [6, 6.07) is 1.82. The summed E-state index contributed by atoms with van der Waals surface area (Å²) in [7, 11) is 0. The molecule has 1 aliphatic carbocycles. The van der Waals surface area contributed by atoms with Gasteiger partial charge in [0, 0.05) is 12.0 Å². The fourth-order valence-corrected chi connectivity index (χ4v) is 2.02. The van der Waals surface area contributed by atoms with Crippen molar-refractivity contribution in [3.8, 4) is 0 Å². The Labute approximate surface area is 89.5 Å². The smallest absolute Gasteiger partial charge is 0.158 e. The molecule has 15 heavy (non-hydrogen) atoms. The normalized spacial score (nSPS) is 19.3. The molecule has 2 rings (SSSR count). The van der Waals surface area contributed by atoms with Crippen molar-refractivity contribution in [2.24, 2.45) is 16.6 Å². The first-order chi connectivity index (χ1) is 7.36. The number of nitrogens with zero attached hydrogens (tertiary/aromatic N) is 2. The van der Waals surface area contributed by atoms with Gasteiger partial charge < -0.3 is 10.3 Å². The fourth-order valence-electron chi connectivity index (χ4n) is 2.02. The van der Waals surface area contributed by atoms with Gasteiger partial charge in [-0.25, -0.2) is 0 Å². The SMILES string of the molecule is NC(=NCc1ccno1)C1CCCCC1. The molecule has 1 saturated carbocycles. The third-order valence-corrected chi connectivity index (χ3v) is 2.93. The lowest BCUT2D eigenvalue weighted by Crippen LogP contribution is -2.25. The zero-order valence-electron chi connectivity index (χ0n) is 8.85. The second-order valence-corrected chi connectivity index (χ2v) is 4.05. The van der Waals surface area contributed by atoms with Gasteiger partial charge in [-0.1, -0.05) is 24.4 Å². The van der Waals surface area contributed by atoms with Crippen molar-refractivity contribution in [3.05, 3.63) is 18.0 Å². The van der Waals surface area contributed by atoms with Crippen LogP contribution in [0.1, 0.15) is 37.9 Å². The van der Waals surface area contributed by atoms with Crippen LogP contribution in [0.15, 0.2) is 21.8 Å². The average molecular weight is 207 g/mol. The molecule has 0 radical (unpaired) electrons. The molecular weight excluding hydrogens is 190 g/mol. The Balaban J connectivity index is 1.88. The van der Waals surface area contributed by atoms with Gasteiger partial charge in [-0.2, -0.15) is 0 Å². The molecule has 4 nitrogen and oxygen atoms in total. The summed E-state index contributed by atoms with van der Waals surface area (Å²) < 4.78 is 4.96. The van der Waals surface area contributed by atoms with Crippen molar-refractivity contribution >= 4 is 5.84 Å². The number of hydrogen-bond donors (Lipinski definition) is 1. The Kier molecular flexibility index (Phi) is 3.37. The van der Waals surface area contributed by atoms with E-state index in [2.05, 4.69) is 10.1 Å². The molecule has 0 atom stereocenters. The number of rotatable bonds is 3. The van der Waals surface area contributed by atoms with Crippen LogP contribution in [-0.2, 0) is 6.54 Å². The molecule has 0 aromatic carbocycles. The van der Waals surface area contributed by atoms with Crippen molar-refractivity contribution in [1.29, 1.82) is 0 Å². The third-order valence-electron chi connectivity index (χ3n) is 2.93. The Bertz CT molecular complexity index is 313. The zero-order chi connectivity index (χ0) is 10.5. The number of hydrogen-bond acceptors (Lipinski definition) is 3. The lowest BCUT2D eigenvalue weighted by Gasteiger charge is -2.20. The molecule has 0 saturated heterocycles. The predicted molar refractivity (Wildman–Crippen MR) is 58.4 cm³/mol. The van der Waals surface area contributed by atoms with E-state index in [-0.39, 0.29) is 0 Å². The highest BCUT2D eigenvalue weighted by Crippen LogP contribution is 2.23. The molecule has 0 spiro atoms. The molecule has 0 unspecified atom stereocenters. The minimum absolute atomic E-state index is 0.488. The fraction of sp³-hybridized carbons (Fsp3) is 0.636. The summed E-state index contributed by atoms with van der Waals surface area (Å²) in [5.41, 5.74) is 5.95. The summed E-state index contributed by atoms with van der Waals surface area (Å²) in [6.07, 6.45) is 7.90. The molecule has 1 aromatic heterocycles. The third kappa shape index (κ3) is 2.81. The molecule has 1 fully saturated rings. The van der Waals surface area contributed by atoms with Crippen LogP contribution in [0.25, 0.3) is 0 Å². The highest BCUT2D eigenvalue weighted by atomic mass is 16.5. The first-order valence-corrected chi connectivity index (χ1v) is 5.55. The summed E-state index contributed by atoms with van der Waals surface area (Å²) in [5.74, 6) is 2.04. The number of aliphatic imine (C=N–C) groups is 1. The van der Waals surface area contributed by atoms with Crippen LogP contribution in [0, 0.1) is 5.92 Å². The summed E-state index contributed by atoms with van der Waals surface area (Å²) in [4.78, 5) is 4.35. The van der Waals surface area contributed by atoms with Crippen LogP contribution in [0.3, 0.4) is 0 Å². The second kappa shape index (κ2) is 4.96. The first kappa shape index (κ1) is 10.2. The van der Waals surface area contributed by atoms with Gasteiger partial charge in [-0.15, -0.1) is 0 Å². The van der Waals surface area contributed by atoms with Crippen molar-refractivity contribution in [3.63, 3.8) is 0 Å². The Morgan fingerprint density at radius 3 is 2.93 bits per heavy atom. The Hall–Kier alpha value is -1.32. The highest BCUT2D eigenvalue weighted by Gasteiger charge is 2.16. The molecule has 0 amide bonds. The molecule has 2 N–H and O–H groups in total. The second-order valence-electron chi connectivity index (χ2n) is 4.05. The lowest BCUT2D eigenvalue weighted by molar-refractivity contribution is 0.384. The van der Waals surface area contributed by atoms with Gasteiger partial charge in [0.2, 0.25) is 0 Å². The number of aromatic nitrogens is 1. The largest absolute Gasteiger partial charge is 0.387 e. The maximum Gasteiger partial charge on any atom is 0.158 e. The molecule has 1 aliphatic rings. The topological polar surface area (TPSA) is 64.4 Å². The van der Waals surface area contributed by atoms with Crippen molar-refractivity contribution in [2.45, 2.75) is 38.6 Å². The van der Waals surface area contributed by atoms with Gasteiger partial charge in [-0.3, -0.25) is 4.99 Å². The zero-order valence-corrected chi connectivity index (χ0v) is 8.85. The van der Waals surface area contributed by atoms with Gasteiger partial charge >= 0.3 is 0 Å². The first-order valence-electron chi connectivity index (χ1n) is 5.55. The van der Waals surface area contributed by atoms with Crippen LogP contribution >= 0.6 is 0 Å². The molecule has 1 aromatic rings. The van der Waals surface area contributed by atoms with E-state index in [4.69, 9.17) is 10.3 Å². The van der Waals surface area contributed by atoms with Crippen LogP contribution in [-0.4, -0.2) is 11.0 Å². The highest BCUT2D eigenvalue weighted by molar-refractivity contribution is 5.82. The van der Waals surface area contributed by atoms with E-state index >= 15 is 0 Å². The molecular formula is C11H17N3O. The maximum absolute atomic E-state index is 5.95. The standard InChI is InChI=1S/C11H17N3O/c12-11(9-4-2-1-3-5-9)13-8-10-6-7-14-15-10/h6-7,9H,1-5,8H2,(H2,12,13). The maximum atomic E-state index is 5.95. The summed E-state index contributed by atoms with van der Waals surface area (Å²) in [6.45, 7) is 0.516. The van der Waals surface area contributed by atoms with E-state index in [1.807, 2.05) is 6.07 Å². The quantitative estimate of drug-likeness (QED) is 0.610. The van der Waals surface area contributed by atoms with Crippen LogP contribution in [0.2, 0.25) is 0 Å². The van der Waals surface area contributed by atoms with Gasteiger partial charge in [0.15, 0.2) is 5.76 Å². The number of amidine groups is 1. The Morgan fingerprint density at radius 2 is 2.27 bits per heavy atom. The van der Waals surface area contributed by atoms with Crippen LogP contribution in [0.5, 0.6) is 0 Å². The molecule has 0 bridgehead atoms. The van der Waals surface area contributed by atoms with E-state index in [0.29, 0.717) is 12.5 Å². The minimum atomic E-state index is 0.488. The lowest BCUT2D eigenvalue weighted by atomic mass is 9.88. The van der Waals surface area contributed by atoms with E-state index in [9.17, 15) is 0 Å². The van der Waals surface area contributed by atoms with E-state index < -0.39 is 0 Å². The van der Waals surface area contributed by atoms with Gasteiger partial charge in [0.1, 0.15) is 6.54 Å². The van der Waals surface area contributed by atoms with E-state index in [1.54, 1.807) is 6.20 Å². The Morgan fingerprint density at radius 1 is 1.47 bits per heavy atom. The van der Waals surface area contributed by atoms with Gasteiger partial charge in [-0.05, 0) is 12.8 Å². The molecule has 0 aliphatic heterocycles. The molecule has 1 heterocycles. The summed E-state index contributed by atoms with van der Waals surface area (Å²) >= 11 is 0. The summed E-state index contributed by atoms with van der Waals surface area (Å²) in [5, 5.41) is 3.63. The van der Waals surface area contributed by atoms with Crippen LogP contribution in [0.4, 0.5) is 0 Å². The number of nitrogens with two attached hydrogens (primary N) is 1. The van der Waals surface area contributed by atoms with Crippen LogP contribution < -0.4 is 5.73 Å². The molecule has 82 valence electrons. The van der Waals surface area contributed by atoms with Crippen molar-refractivity contribution < 1.29 is 4.52 Å². The molecule has 4 heteroatoms. The van der Waals surface area contributed by atoms with Crippen molar-refractivity contribution in [2.75, 3.05) is 0 Å². The van der Waals surface area contributed by atoms with Gasteiger partial charge in [0.25, 0.3) is 0 Å². The van der Waals surface area contributed by atoms with Crippen molar-refractivity contribution in [1.82, 2.24) is 5.16 Å². The average Bonchev–Trinajstić information content (AvgIpc) is 2.80. The predicted octanol–water partition coefficient (Wildman–Crippen LogP) is 2.11. The van der Waals surface area contributed by atoms with E-state index in [0.717, 1.165) is 11.6 Å². The van der Waals surface area contributed by atoms with E-state index in [1.165, 1.54) is 32.1 Å². The van der Waals surface area contributed by atoms with Gasteiger partial charge in [0.05, 0.1) is 12.0 Å². The monoisotopic (exact) mass is 207 g/mol.